The van der Waals surface area contributed by atoms with Crippen LogP contribution in [0.15, 0.2) is 18.5 Å². The van der Waals surface area contributed by atoms with Crippen LogP contribution < -0.4 is 0 Å². The first-order valence-corrected chi connectivity index (χ1v) is 5.78. The minimum absolute atomic E-state index is 0.0821. The smallest absolute Gasteiger partial charge is 0.345 e. The summed E-state index contributed by atoms with van der Waals surface area (Å²) in [5.41, 5.74) is 0.719. The van der Waals surface area contributed by atoms with Gasteiger partial charge in [0.25, 0.3) is 0 Å². The molecule has 18 heavy (non-hydrogen) atoms. The molecule has 2 aromatic heterocycles. The molecule has 0 aliphatic carbocycles. The Bertz CT molecular complexity index is 616. The normalized spacial score (nSPS) is 10.5. The Balaban J connectivity index is 2.22. The van der Waals surface area contributed by atoms with Crippen LogP contribution >= 0.6 is 11.3 Å². The minimum atomic E-state index is -0.971. The summed E-state index contributed by atoms with van der Waals surface area (Å²) in [4.78, 5) is 21.9. The van der Waals surface area contributed by atoms with Crippen molar-refractivity contribution in [2.45, 2.75) is 13.5 Å². The summed E-state index contributed by atoms with van der Waals surface area (Å²) in [7, 11) is 0. The standard InChI is InChI=1S/C10H9N3O4S/c1-6-7(2-9(18-6)10(14)15)4-12-5-8(3-11-12)13(16)17/h2-3,5H,4H2,1H3,(H,14,15). The number of rotatable bonds is 4. The van der Waals surface area contributed by atoms with Crippen molar-refractivity contribution in [3.8, 4) is 0 Å². The molecule has 2 rings (SSSR count). The van der Waals surface area contributed by atoms with E-state index in [9.17, 15) is 14.9 Å². The summed E-state index contributed by atoms with van der Waals surface area (Å²) < 4.78 is 1.42. The van der Waals surface area contributed by atoms with Crippen LogP contribution in [-0.4, -0.2) is 25.8 Å². The molecule has 0 radical (unpaired) electrons. The largest absolute Gasteiger partial charge is 0.477 e. The predicted molar refractivity (Wildman–Crippen MR) is 64.0 cm³/mol. The summed E-state index contributed by atoms with van der Waals surface area (Å²) in [5, 5.41) is 23.2. The van der Waals surface area contributed by atoms with Crippen molar-refractivity contribution >= 4 is 23.0 Å². The first-order chi connectivity index (χ1) is 8.47. The summed E-state index contributed by atoms with van der Waals surface area (Å²) in [5.74, 6) is -0.971. The van der Waals surface area contributed by atoms with Gasteiger partial charge < -0.3 is 5.11 Å². The highest BCUT2D eigenvalue weighted by Gasteiger charge is 2.13. The zero-order valence-electron chi connectivity index (χ0n) is 9.36. The highest BCUT2D eigenvalue weighted by Crippen LogP contribution is 2.22. The SMILES string of the molecule is Cc1sc(C(=O)O)cc1Cn1cc([N+](=O)[O-])cn1. The number of carboxylic acids is 1. The monoisotopic (exact) mass is 267 g/mol. The average Bonchev–Trinajstić information content (AvgIpc) is 2.87. The number of nitro groups is 1. The van der Waals surface area contributed by atoms with Crippen LogP contribution in [0.5, 0.6) is 0 Å². The number of carboxylic acid groups (broad SMARTS) is 1. The maximum atomic E-state index is 10.8. The molecule has 0 aliphatic rings. The highest BCUT2D eigenvalue weighted by molar-refractivity contribution is 7.14. The number of nitrogens with zero attached hydrogens (tertiary/aromatic N) is 3. The van der Waals surface area contributed by atoms with Crippen LogP contribution in [0.3, 0.4) is 0 Å². The van der Waals surface area contributed by atoms with Gasteiger partial charge in [0.15, 0.2) is 0 Å². The van der Waals surface area contributed by atoms with Gasteiger partial charge in [0, 0.05) is 4.88 Å². The maximum absolute atomic E-state index is 10.8. The van der Waals surface area contributed by atoms with Gasteiger partial charge in [-0.15, -0.1) is 11.3 Å². The number of hydrogen-bond donors (Lipinski definition) is 1. The lowest BCUT2D eigenvalue weighted by Gasteiger charge is -1.98. The van der Waals surface area contributed by atoms with Crippen LogP contribution in [-0.2, 0) is 6.54 Å². The first-order valence-electron chi connectivity index (χ1n) is 4.97. The van der Waals surface area contributed by atoms with Gasteiger partial charge in [0.2, 0.25) is 0 Å². The molecule has 0 atom stereocenters. The fourth-order valence-electron chi connectivity index (χ4n) is 1.49. The number of thiophene rings is 1. The van der Waals surface area contributed by atoms with Gasteiger partial charge in [-0.2, -0.15) is 5.10 Å². The van der Waals surface area contributed by atoms with Crippen molar-refractivity contribution in [3.63, 3.8) is 0 Å². The zero-order chi connectivity index (χ0) is 13.3. The summed E-state index contributed by atoms with van der Waals surface area (Å²) in [6.45, 7) is 2.13. The lowest BCUT2D eigenvalue weighted by atomic mass is 10.2. The molecule has 94 valence electrons. The molecule has 0 saturated carbocycles. The highest BCUT2D eigenvalue weighted by atomic mass is 32.1. The molecule has 0 bridgehead atoms. The second-order valence-corrected chi connectivity index (χ2v) is 4.91. The zero-order valence-corrected chi connectivity index (χ0v) is 10.2. The molecule has 0 aliphatic heterocycles. The van der Waals surface area contributed by atoms with Gasteiger partial charge in [-0.05, 0) is 18.6 Å². The molecular formula is C10H9N3O4S. The summed E-state index contributed by atoms with van der Waals surface area (Å²) >= 11 is 1.18. The molecule has 1 N–H and O–H groups in total. The Labute approximate surface area is 105 Å². The maximum Gasteiger partial charge on any atom is 0.345 e. The second-order valence-electron chi connectivity index (χ2n) is 3.65. The lowest BCUT2D eigenvalue weighted by Crippen LogP contribution is -2.00. The molecule has 0 spiro atoms. The van der Waals surface area contributed by atoms with Crippen LogP contribution in [0.2, 0.25) is 0 Å². The minimum Gasteiger partial charge on any atom is -0.477 e. The van der Waals surface area contributed by atoms with E-state index in [0.29, 0.717) is 6.54 Å². The Hall–Kier alpha value is -2.22. The van der Waals surface area contributed by atoms with Gasteiger partial charge in [0.1, 0.15) is 17.3 Å². The van der Waals surface area contributed by atoms with E-state index in [2.05, 4.69) is 5.10 Å². The molecule has 0 unspecified atom stereocenters. The Morgan fingerprint density at radius 2 is 2.39 bits per heavy atom. The molecule has 7 nitrogen and oxygen atoms in total. The molecule has 0 aromatic carbocycles. The van der Waals surface area contributed by atoms with E-state index in [-0.39, 0.29) is 10.6 Å². The van der Waals surface area contributed by atoms with Crippen molar-refractivity contribution in [1.82, 2.24) is 9.78 Å². The average molecular weight is 267 g/mol. The van der Waals surface area contributed by atoms with Gasteiger partial charge in [-0.3, -0.25) is 14.8 Å². The van der Waals surface area contributed by atoms with Crippen molar-refractivity contribution in [3.05, 3.63) is 43.9 Å². The molecule has 2 aromatic rings. The van der Waals surface area contributed by atoms with Gasteiger partial charge in [-0.1, -0.05) is 0 Å². The molecule has 2 heterocycles. The van der Waals surface area contributed by atoms with Gasteiger partial charge >= 0.3 is 11.7 Å². The predicted octanol–water partition coefficient (Wildman–Crippen LogP) is 1.91. The van der Waals surface area contributed by atoms with Gasteiger partial charge in [-0.25, -0.2) is 4.79 Å². The topological polar surface area (TPSA) is 98.3 Å². The van der Waals surface area contributed by atoms with Crippen LogP contribution in [0.25, 0.3) is 0 Å². The Kier molecular flexibility index (Phi) is 3.11. The number of aryl methyl sites for hydroxylation is 1. The Morgan fingerprint density at radius 3 is 2.89 bits per heavy atom. The summed E-state index contributed by atoms with van der Waals surface area (Å²) in [6, 6.07) is 1.57. The molecular weight excluding hydrogens is 258 g/mol. The van der Waals surface area contributed by atoms with Gasteiger partial charge in [0.05, 0.1) is 11.5 Å². The van der Waals surface area contributed by atoms with E-state index in [1.165, 1.54) is 28.4 Å². The third-order valence-corrected chi connectivity index (χ3v) is 3.47. The van der Waals surface area contributed by atoms with E-state index >= 15 is 0 Å². The van der Waals surface area contributed by atoms with E-state index in [1.807, 2.05) is 6.92 Å². The van der Waals surface area contributed by atoms with Crippen LogP contribution in [0.4, 0.5) is 5.69 Å². The van der Waals surface area contributed by atoms with E-state index in [4.69, 9.17) is 5.11 Å². The van der Waals surface area contributed by atoms with Crippen LogP contribution in [0, 0.1) is 17.0 Å². The van der Waals surface area contributed by atoms with Crippen molar-refractivity contribution in [2.24, 2.45) is 0 Å². The molecule has 0 amide bonds. The third-order valence-electron chi connectivity index (χ3n) is 2.39. The first kappa shape index (κ1) is 12.2. The Morgan fingerprint density at radius 1 is 1.67 bits per heavy atom. The number of aromatic carboxylic acids is 1. The number of hydrogen-bond acceptors (Lipinski definition) is 5. The van der Waals surface area contributed by atoms with Crippen LogP contribution in [0.1, 0.15) is 20.1 Å². The molecule has 0 fully saturated rings. The third kappa shape index (κ3) is 2.38. The second kappa shape index (κ2) is 4.57. The van der Waals surface area contributed by atoms with Crippen molar-refractivity contribution < 1.29 is 14.8 Å². The van der Waals surface area contributed by atoms with Crippen molar-refractivity contribution in [2.75, 3.05) is 0 Å². The number of carbonyl (C=O) groups is 1. The van der Waals surface area contributed by atoms with E-state index in [0.717, 1.165) is 10.4 Å². The van der Waals surface area contributed by atoms with E-state index in [1.54, 1.807) is 6.07 Å². The van der Waals surface area contributed by atoms with Crippen molar-refractivity contribution in [1.29, 1.82) is 0 Å². The molecule has 8 heteroatoms. The quantitative estimate of drug-likeness (QED) is 0.673. The fraction of sp³-hybridized carbons (Fsp3) is 0.200. The lowest BCUT2D eigenvalue weighted by molar-refractivity contribution is -0.385. The number of aromatic nitrogens is 2. The molecule has 0 saturated heterocycles. The fourth-order valence-corrected chi connectivity index (χ4v) is 2.36. The summed E-state index contributed by atoms with van der Waals surface area (Å²) in [6.07, 6.45) is 2.48. The van der Waals surface area contributed by atoms with E-state index < -0.39 is 10.9 Å².